The smallest absolute Gasteiger partial charge is 0.276 e. The summed E-state index contributed by atoms with van der Waals surface area (Å²) >= 11 is 6.14. The summed E-state index contributed by atoms with van der Waals surface area (Å²) < 4.78 is 2.64. The monoisotopic (exact) mass is 601 g/mol. The van der Waals surface area contributed by atoms with Gasteiger partial charge in [0.1, 0.15) is 64.4 Å². The third-order valence-corrected chi connectivity index (χ3v) is 6.84. The zero-order valence-electron chi connectivity index (χ0n) is 23.3. The van der Waals surface area contributed by atoms with Gasteiger partial charge in [-0.15, -0.1) is 0 Å². The largest absolute Gasteiger partial charge is 0.336 e. The van der Waals surface area contributed by atoms with Gasteiger partial charge in [-0.2, -0.15) is 5.26 Å². The van der Waals surface area contributed by atoms with Gasteiger partial charge in [-0.3, -0.25) is 28.3 Å². The Morgan fingerprint density at radius 1 is 0.791 bits per heavy atom. The lowest BCUT2D eigenvalue weighted by molar-refractivity contribution is 0.0925. The van der Waals surface area contributed by atoms with Crippen LogP contribution in [0.5, 0.6) is 0 Å². The van der Waals surface area contributed by atoms with Crippen molar-refractivity contribution in [1.29, 1.82) is 5.26 Å². The normalized spacial score (nSPS) is 15.2. The fourth-order valence-corrected chi connectivity index (χ4v) is 5.04. The Labute approximate surface area is 248 Å². The molecule has 16 heteroatoms. The minimum Gasteiger partial charge on any atom is -0.336 e. The Morgan fingerprint density at radius 2 is 1.26 bits per heavy atom. The maximum atomic E-state index is 12.6. The molecule has 2 aliphatic rings. The molecule has 0 atom stereocenters. The molecule has 0 fully saturated rings. The zero-order chi connectivity index (χ0) is 31.1. The molecule has 0 saturated heterocycles. The Balaban J connectivity index is 0.000000171. The molecule has 0 spiro atoms. The van der Waals surface area contributed by atoms with Crippen LogP contribution in [0.1, 0.15) is 54.2 Å². The van der Waals surface area contributed by atoms with Gasteiger partial charge < -0.3 is 21.3 Å². The second kappa shape index (κ2) is 10.7. The van der Waals surface area contributed by atoms with Crippen molar-refractivity contribution in [3.63, 3.8) is 0 Å². The number of amides is 2. The van der Waals surface area contributed by atoms with Gasteiger partial charge in [-0.25, -0.2) is 19.9 Å². The van der Waals surface area contributed by atoms with Gasteiger partial charge in [0.2, 0.25) is 0 Å². The number of nitrogens with one attached hydrogen (secondary N) is 4. The lowest BCUT2D eigenvalue weighted by atomic mass is 10.1. The number of nitriles is 1. The molecule has 4 aromatic heterocycles. The van der Waals surface area contributed by atoms with Gasteiger partial charge in [0.05, 0.1) is 10.6 Å². The number of hydrogen-bond donors (Lipinski definition) is 4. The van der Waals surface area contributed by atoms with E-state index in [0.29, 0.717) is 11.6 Å². The van der Waals surface area contributed by atoms with Gasteiger partial charge in [0, 0.05) is 12.4 Å². The number of halogens is 1. The first-order chi connectivity index (χ1) is 20.3. The van der Waals surface area contributed by atoms with Crippen LogP contribution in [0.4, 0.5) is 23.0 Å². The van der Waals surface area contributed by atoms with Crippen LogP contribution in [-0.4, -0.2) is 40.9 Å². The summed E-state index contributed by atoms with van der Waals surface area (Å²) in [6.07, 6.45) is 5.79. The number of pyridine rings is 2. The van der Waals surface area contributed by atoms with E-state index in [1.807, 2.05) is 6.07 Å². The SMILES string of the molecule is CC1(C)NC(=O)c2c(C#N)cc(Nc3ccncn3)c(=O)n21.CC1(C)NC(=O)c2c(Cl)cc(Nc3ccncn3)c(=O)n21. The summed E-state index contributed by atoms with van der Waals surface area (Å²) in [6, 6.07) is 7.96. The van der Waals surface area contributed by atoms with E-state index in [0.717, 1.165) is 0 Å². The second-order valence-corrected chi connectivity index (χ2v) is 10.8. The van der Waals surface area contributed by atoms with Gasteiger partial charge in [-0.05, 0) is 52.0 Å². The van der Waals surface area contributed by atoms with E-state index in [4.69, 9.17) is 11.6 Å². The molecule has 2 aliphatic heterocycles. The molecule has 218 valence electrons. The molecule has 0 saturated carbocycles. The number of carbonyl (C=O) groups is 2. The van der Waals surface area contributed by atoms with Crippen molar-refractivity contribution in [2.24, 2.45) is 0 Å². The van der Waals surface area contributed by atoms with E-state index in [1.54, 1.807) is 46.0 Å². The highest BCUT2D eigenvalue weighted by molar-refractivity contribution is 6.34. The molecular weight excluding hydrogens is 578 g/mol. The van der Waals surface area contributed by atoms with Gasteiger partial charge in [0.15, 0.2) is 0 Å². The lowest BCUT2D eigenvalue weighted by Crippen LogP contribution is -2.42. The quantitative estimate of drug-likeness (QED) is 0.267. The first-order valence-electron chi connectivity index (χ1n) is 12.7. The number of anilines is 4. The van der Waals surface area contributed by atoms with Crippen molar-refractivity contribution in [2.75, 3.05) is 10.6 Å². The first-order valence-corrected chi connectivity index (χ1v) is 13.1. The topological polar surface area (TPSA) is 202 Å². The average molecular weight is 602 g/mol. The maximum Gasteiger partial charge on any atom is 0.276 e. The van der Waals surface area contributed by atoms with Crippen LogP contribution in [0.3, 0.4) is 0 Å². The zero-order valence-corrected chi connectivity index (χ0v) is 24.0. The highest BCUT2D eigenvalue weighted by Crippen LogP contribution is 2.28. The Kier molecular flexibility index (Phi) is 7.16. The molecule has 4 aromatic rings. The molecular formula is C27H24ClN11O4. The average Bonchev–Trinajstić information content (AvgIpc) is 3.36. The molecule has 2 amide bonds. The fourth-order valence-electron chi connectivity index (χ4n) is 4.76. The fraction of sp³-hybridized carbons (Fsp3) is 0.222. The van der Waals surface area contributed by atoms with Crippen molar-refractivity contribution < 1.29 is 9.59 Å². The number of fused-ring (bicyclic) bond motifs is 2. The van der Waals surface area contributed by atoms with Crippen molar-refractivity contribution in [3.05, 3.63) is 92.0 Å². The van der Waals surface area contributed by atoms with E-state index in [1.165, 1.54) is 40.1 Å². The highest BCUT2D eigenvalue weighted by atomic mass is 35.5. The Hall–Kier alpha value is -5.62. The standard InChI is InChI=1S/C14H12N6O2.C13H12ClN5O2/c1-14(2)19-12(21)11-8(6-15)5-9(13(22)20(11)14)18-10-3-4-16-7-17-10;1-13(2)18-11(20)10-7(14)5-8(12(21)19(10)13)17-9-3-4-15-6-16-9/h3-5,7H,1-2H3,(H,19,21)(H,16,17,18);3-6H,1-2H3,(H,18,20)(H,15,16,17). The summed E-state index contributed by atoms with van der Waals surface area (Å²) in [5.41, 5.74) is -1.72. The van der Waals surface area contributed by atoms with E-state index < -0.39 is 22.8 Å². The van der Waals surface area contributed by atoms with E-state index in [9.17, 15) is 24.4 Å². The Morgan fingerprint density at radius 3 is 1.72 bits per heavy atom. The van der Waals surface area contributed by atoms with Crippen LogP contribution in [-0.2, 0) is 11.3 Å². The second-order valence-electron chi connectivity index (χ2n) is 10.4. The summed E-state index contributed by atoms with van der Waals surface area (Å²) in [4.78, 5) is 64.8. The predicted molar refractivity (Wildman–Crippen MR) is 155 cm³/mol. The third-order valence-electron chi connectivity index (χ3n) is 6.55. The molecule has 43 heavy (non-hydrogen) atoms. The van der Waals surface area contributed by atoms with Crippen molar-refractivity contribution in [3.8, 4) is 6.07 Å². The first kappa shape index (κ1) is 28.9. The van der Waals surface area contributed by atoms with Crippen LogP contribution >= 0.6 is 11.6 Å². The third kappa shape index (κ3) is 5.26. The molecule has 0 radical (unpaired) electrons. The minimum absolute atomic E-state index is 0.0748. The van der Waals surface area contributed by atoms with Gasteiger partial charge >= 0.3 is 0 Å². The van der Waals surface area contributed by atoms with Gasteiger partial charge in [-0.1, -0.05) is 11.6 Å². The van der Waals surface area contributed by atoms with Gasteiger partial charge in [0.25, 0.3) is 22.9 Å². The molecule has 0 unspecified atom stereocenters. The number of rotatable bonds is 4. The molecule has 6 heterocycles. The minimum atomic E-state index is -0.904. The number of aromatic nitrogens is 6. The Bertz CT molecular complexity index is 1930. The van der Waals surface area contributed by atoms with Crippen molar-refractivity contribution in [1.82, 2.24) is 39.7 Å². The molecule has 4 N–H and O–H groups in total. The molecule has 15 nitrogen and oxygen atoms in total. The summed E-state index contributed by atoms with van der Waals surface area (Å²) in [6.45, 7) is 6.85. The number of carbonyl (C=O) groups excluding carboxylic acids is 2. The maximum absolute atomic E-state index is 12.6. The van der Waals surface area contributed by atoms with Crippen LogP contribution in [0.25, 0.3) is 0 Å². The lowest BCUT2D eigenvalue weighted by Gasteiger charge is -2.22. The van der Waals surface area contributed by atoms with E-state index in [-0.39, 0.29) is 44.8 Å². The van der Waals surface area contributed by atoms with Crippen molar-refractivity contribution >= 4 is 46.4 Å². The van der Waals surface area contributed by atoms with Crippen LogP contribution in [0, 0.1) is 11.3 Å². The van der Waals surface area contributed by atoms with Crippen LogP contribution in [0.15, 0.2) is 58.9 Å². The number of nitrogens with zero attached hydrogens (tertiary/aromatic N) is 7. The van der Waals surface area contributed by atoms with Crippen LogP contribution in [0.2, 0.25) is 5.02 Å². The number of hydrogen-bond acceptors (Lipinski definition) is 11. The predicted octanol–water partition coefficient (Wildman–Crippen LogP) is 2.16. The van der Waals surface area contributed by atoms with E-state index >= 15 is 0 Å². The van der Waals surface area contributed by atoms with E-state index in [2.05, 4.69) is 41.2 Å². The summed E-state index contributed by atoms with van der Waals surface area (Å²) in [7, 11) is 0. The van der Waals surface area contributed by atoms with Crippen molar-refractivity contribution in [2.45, 2.75) is 39.0 Å². The summed E-state index contributed by atoms with van der Waals surface area (Å²) in [5, 5.41) is 20.6. The molecule has 6 rings (SSSR count). The summed E-state index contributed by atoms with van der Waals surface area (Å²) in [5.74, 6) is 0.0864. The highest BCUT2D eigenvalue weighted by Gasteiger charge is 2.39. The molecule has 0 aromatic carbocycles. The molecule has 0 bridgehead atoms. The molecule has 0 aliphatic carbocycles. The van der Waals surface area contributed by atoms with Crippen LogP contribution < -0.4 is 32.4 Å².